The summed E-state index contributed by atoms with van der Waals surface area (Å²) >= 11 is 0. The first-order chi connectivity index (χ1) is 15.8. The van der Waals surface area contributed by atoms with Gasteiger partial charge in [0.1, 0.15) is 0 Å². The number of fused-ring (bicyclic) bond motifs is 2. The van der Waals surface area contributed by atoms with Gasteiger partial charge in [0.15, 0.2) is 0 Å². The van der Waals surface area contributed by atoms with Gasteiger partial charge in [0.2, 0.25) is 0 Å². The molecule has 7 rings (SSSR count). The first kappa shape index (κ1) is 21.3. The van der Waals surface area contributed by atoms with Crippen LogP contribution in [0.5, 0.6) is 0 Å². The molecule has 2 bridgehead atoms. The van der Waals surface area contributed by atoms with Crippen LogP contribution in [0.1, 0.15) is 148 Å². The lowest BCUT2D eigenvalue weighted by atomic mass is 9.34. The molecule has 0 aromatic carbocycles. The van der Waals surface area contributed by atoms with E-state index in [1.165, 1.54) is 0 Å². The van der Waals surface area contributed by atoms with Gasteiger partial charge in [0, 0.05) is 0 Å². The molecule has 7 fully saturated rings. The van der Waals surface area contributed by atoms with Crippen molar-refractivity contribution >= 4 is 0 Å². The molecule has 0 aliphatic heterocycles. The molecule has 0 nitrogen and oxygen atoms in total. The van der Waals surface area contributed by atoms with Crippen LogP contribution in [-0.4, -0.2) is 0 Å². The summed E-state index contributed by atoms with van der Waals surface area (Å²) in [5.74, 6) is 6.81. The van der Waals surface area contributed by atoms with Gasteiger partial charge in [-0.3, -0.25) is 0 Å². The third-order valence-corrected chi connectivity index (χ3v) is 13.7. The predicted octanol–water partition coefficient (Wildman–Crippen LogP) is 9.71. The van der Waals surface area contributed by atoms with Crippen LogP contribution in [0.15, 0.2) is 0 Å². The van der Waals surface area contributed by atoms with E-state index in [4.69, 9.17) is 0 Å². The summed E-state index contributed by atoms with van der Waals surface area (Å²) in [4.78, 5) is 0. The Bertz CT molecular complexity index is 666. The standard InChI is InChI=1S/C32H52/c1-2-5-12-24(11-4-1)30-22-21-29(23-30)31(26-19-20-26,25-17-10-18-25)32(30,28-15-8-9-16-28)27-13-6-3-7-14-27/h24-29H,1-23H2. The highest BCUT2D eigenvalue weighted by atomic mass is 14.9. The maximum absolute atomic E-state index is 1.72. The van der Waals surface area contributed by atoms with Gasteiger partial charge < -0.3 is 0 Å². The van der Waals surface area contributed by atoms with E-state index in [-0.39, 0.29) is 0 Å². The van der Waals surface area contributed by atoms with Gasteiger partial charge in [-0.2, -0.15) is 0 Å². The van der Waals surface area contributed by atoms with Crippen LogP contribution in [-0.2, 0) is 0 Å². The maximum Gasteiger partial charge on any atom is -0.0117 e. The fourth-order valence-corrected chi connectivity index (χ4v) is 13.1. The third-order valence-electron chi connectivity index (χ3n) is 13.7. The molecule has 0 amide bonds. The molecule has 7 saturated carbocycles. The molecule has 7 aliphatic carbocycles. The molecule has 0 N–H and O–H groups in total. The second-order valence-electron chi connectivity index (χ2n) is 14.3. The lowest BCUT2D eigenvalue weighted by Crippen LogP contribution is -2.65. The molecule has 0 spiro atoms. The molecule has 180 valence electrons. The highest BCUT2D eigenvalue weighted by Gasteiger charge is 2.82. The minimum Gasteiger partial charge on any atom is -0.0533 e. The SMILES string of the molecule is C1CCCC(C23CCC(C2)C(C2CCC2)(C2CC2)C3(C2CCCCC2)C2CCCC2)CC1. The molecular weight excluding hydrogens is 384 g/mol. The summed E-state index contributed by atoms with van der Waals surface area (Å²) in [6.07, 6.45) is 37.1. The van der Waals surface area contributed by atoms with E-state index in [0.29, 0.717) is 0 Å². The first-order valence-corrected chi connectivity index (χ1v) is 15.8. The Morgan fingerprint density at radius 2 is 0.812 bits per heavy atom. The summed E-state index contributed by atoms with van der Waals surface area (Å²) in [7, 11) is 0. The molecule has 0 saturated heterocycles. The van der Waals surface area contributed by atoms with Crippen molar-refractivity contribution in [3.63, 3.8) is 0 Å². The zero-order chi connectivity index (χ0) is 21.2. The molecule has 4 unspecified atom stereocenters. The smallest absolute Gasteiger partial charge is 0.0117 e. The largest absolute Gasteiger partial charge is 0.0533 e. The Morgan fingerprint density at radius 1 is 0.344 bits per heavy atom. The summed E-state index contributed by atoms with van der Waals surface area (Å²) in [6.45, 7) is 0. The molecule has 0 radical (unpaired) electrons. The van der Waals surface area contributed by atoms with Crippen LogP contribution in [0, 0.1) is 51.8 Å². The Labute approximate surface area is 199 Å². The van der Waals surface area contributed by atoms with Crippen molar-refractivity contribution in [1.82, 2.24) is 0 Å². The monoisotopic (exact) mass is 436 g/mol. The minimum atomic E-state index is 0.775. The summed E-state index contributed by atoms with van der Waals surface area (Å²) in [6, 6.07) is 0. The van der Waals surface area contributed by atoms with Gasteiger partial charge in [-0.15, -0.1) is 0 Å². The van der Waals surface area contributed by atoms with Gasteiger partial charge in [-0.05, 0) is 135 Å². The molecule has 32 heavy (non-hydrogen) atoms. The molecular formula is C32H52. The fourth-order valence-electron chi connectivity index (χ4n) is 13.1. The molecule has 4 atom stereocenters. The molecule has 0 aromatic heterocycles. The number of rotatable bonds is 5. The normalized spacial score (nSPS) is 47.1. The third kappa shape index (κ3) is 2.63. The number of hydrogen-bond acceptors (Lipinski definition) is 0. The Morgan fingerprint density at radius 3 is 1.34 bits per heavy atom. The van der Waals surface area contributed by atoms with Crippen molar-refractivity contribution in [2.24, 2.45) is 51.8 Å². The fraction of sp³-hybridized carbons (Fsp3) is 1.00. The van der Waals surface area contributed by atoms with Gasteiger partial charge in [0.25, 0.3) is 0 Å². The van der Waals surface area contributed by atoms with E-state index >= 15 is 0 Å². The average molecular weight is 437 g/mol. The molecule has 0 aromatic rings. The second kappa shape index (κ2) is 8.01. The highest BCUT2D eigenvalue weighted by molar-refractivity contribution is 5.30. The summed E-state index contributed by atoms with van der Waals surface area (Å²) < 4.78 is 0. The molecule has 0 heteroatoms. The van der Waals surface area contributed by atoms with Crippen LogP contribution < -0.4 is 0 Å². The quantitative estimate of drug-likeness (QED) is 0.376. The lowest BCUT2D eigenvalue weighted by molar-refractivity contribution is -0.230. The van der Waals surface area contributed by atoms with Crippen molar-refractivity contribution in [1.29, 1.82) is 0 Å². The van der Waals surface area contributed by atoms with Crippen LogP contribution in [0.25, 0.3) is 0 Å². The lowest BCUT2D eigenvalue weighted by Gasteiger charge is -2.70. The van der Waals surface area contributed by atoms with E-state index in [1.54, 1.807) is 148 Å². The Kier molecular flexibility index (Phi) is 5.33. The van der Waals surface area contributed by atoms with Crippen LogP contribution >= 0.6 is 0 Å². The van der Waals surface area contributed by atoms with Crippen molar-refractivity contribution in [3.05, 3.63) is 0 Å². The van der Waals surface area contributed by atoms with Crippen molar-refractivity contribution in [2.45, 2.75) is 148 Å². The second-order valence-corrected chi connectivity index (χ2v) is 14.3. The molecule has 0 heterocycles. The Hall–Kier alpha value is 0. The van der Waals surface area contributed by atoms with Crippen LogP contribution in [0.3, 0.4) is 0 Å². The van der Waals surface area contributed by atoms with E-state index < -0.39 is 0 Å². The summed E-state index contributed by atoms with van der Waals surface area (Å²) in [5, 5.41) is 0. The van der Waals surface area contributed by atoms with Crippen molar-refractivity contribution in [3.8, 4) is 0 Å². The van der Waals surface area contributed by atoms with E-state index in [2.05, 4.69) is 0 Å². The Balaban J connectivity index is 1.45. The highest BCUT2D eigenvalue weighted by Crippen LogP contribution is 2.88. The predicted molar refractivity (Wildman–Crippen MR) is 134 cm³/mol. The molecule has 7 aliphatic rings. The zero-order valence-electron chi connectivity index (χ0n) is 21.2. The van der Waals surface area contributed by atoms with Crippen molar-refractivity contribution < 1.29 is 0 Å². The van der Waals surface area contributed by atoms with Gasteiger partial charge >= 0.3 is 0 Å². The van der Waals surface area contributed by atoms with E-state index in [0.717, 1.165) is 51.8 Å². The van der Waals surface area contributed by atoms with Gasteiger partial charge in [0.05, 0.1) is 0 Å². The zero-order valence-corrected chi connectivity index (χ0v) is 21.2. The maximum atomic E-state index is 1.72. The minimum absolute atomic E-state index is 0.775. The average Bonchev–Trinajstić information content (AvgIpc) is 3.35. The van der Waals surface area contributed by atoms with Gasteiger partial charge in [-0.1, -0.05) is 64.2 Å². The van der Waals surface area contributed by atoms with Gasteiger partial charge in [-0.25, -0.2) is 0 Å². The van der Waals surface area contributed by atoms with E-state index in [1.807, 2.05) is 0 Å². The first-order valence-electron chi connectivity index (χ1n) is 15.8. The van der Waals surface area contributed by atoms with E-state index in [9.17, 15) is 0 Å². The van der Waals surface area contributed by atoms with Crippen LogP contribution in [0.4, 0.5) is 0 Å². The van der Waals surface area contributed by atoms with Crippen molar-refractivity contribution in [2.75, 3.05) is 0 Å². The summed E-state index contributed by atoms with van der Waals surface area (Å²) in [5.41, 5.74) is 2.37. The topological polar surface area (TPSA) is 0 Å². The van der Waals surface area contributed by atoms with Crippen LogP contribution in [0.2, 0.25) is 0 Å². The number of hydrogen-bond donors (Lipinski definition) is 0.